The Balaban J connectivity index is 0.900. The predicted octanol–water partition coefficient (Wildman–Crippen LogP) is 0.492. The molecule has 18 nitrogen and oxygen atoms in total. The molecule has 0 aromatic heterocycles. The summed E-state index contributed by atoms with van der Waals surface area (Å²) < 4.78 is 5.28. The van der Waals surface area contributed by atoms with Crippen molar-refractivity contribution in [2.45, 2.75) is 81.8 Å². The van der Waals surface area contributed by atoms with Crippen LogP contribution in [0.3, 0.4) is 0 Å². The number of likely N-dealkylation sites (tertiary alicyclic amines) is 2. The Morgan fingerprint density at radius 2 is 1.51 bits per heavy atom. The lowest BCUT2D eigenvalue weighted by Gasteiger charge is -2.29. The van der Waals surface area contributed by atoms with E-state index in [0.717, 1.165) is 17.7 Å². The van der Waals surface area contributed by atoms with E-state index in [1.807, 2.05) is 13.8 Å². The van der Waals surface area contributed by atoms with Gasteiger partial charge < -0.3 is 41.1 Å². The molecule has 326 valence electrons. The molecule has 0 spiro atoms. The van der Waals surface area contributed by atoms with E-state index in [9.17, 15) is 53.4 Å². The van der Waals surface area contributed by atoms with E-state index in [0.29, 0.717) is 18.5 Å². The van der Waals surface area contributed by atoms with Gasteiger partial charge in [0.05, 0.1) is 42.1 Å². The summed E-state index contributed by atoms with van der Waals surface area (Å²) in [6, 6.07) is 3.67. The van der Waals surface area contributed by atoms with Crippen LogP contribution in [-0.2, 0) is 46.4 Å². The van der Waals surface area contributed by atoms with Crippen molar-refractivity contribution in [3.05, 3.63) is 51.6 Å². The molecule has 2 aliphatic heterocycles. The molecular formula is C42H50N6O12S. The summed E-state index contributed by atoms with van der Waals surface area (Å²) in [7, 11) is 1.36. The number of amides is 7. The minimum absolute atomic E-state index is 0.00151. The first-order valence-corrected chi connectivity index (χ1v) is 21.4. The van der Waals surface area contributed by atoms with E-state index in [1.165, 1.54) is 35.9 Å². The second-order valence-electron chi connectivity index (χ2n) is 15.4. The first-order valence-electron chi connectivity index (χ1n) is 20.4. The molecule has 0 radical (unpaired) electrons. The van der Waals surface area contributed by atoms with Crippen molar-refractivity contribution < 1.29 is 58.1 Å². The number of ether oxygens (including phenoxy) is 1. The fourth-order valence-corrected chi connectivity index (χ4v) is 9.59. The van der Waals surface area contributed by atoms with Crippen molar-refractivity contribution in [3.8, 4) is 17.2 Å². The molecule has 3 atom stereocenters. The van der Waals surface area contributed by atoms with Gasteiger partial charge in [-0.2, -0.15) is 0 Å². The van der Waals surface area contributed by atoms with E-state index in [2.05, 4.69) is 21.3 Å². The first kappa shape index (κ1) is 44.6. The molecule has 19 heteroatoms. The lowest BCUT2D eigenvalue weighted by Crippen LogP contribution is -2.47. The number of phenolic OH excluding ortho intramolecular Hbond substituents is 2. The van der Waals surface area contributed by atoms with Crippen LogP contribution in [0.1, 0.15) is 95.3 Å². The third kappa shape index (κ3) is 9.35. The van der Waals surface area contributed by atoms with E-state index in [1.54, 1.807) is 6.07 Å². The maximum atomic E-state index is 13.5. The van der Waals surface area contributed by atoms with E-state index < -0.39 is 71.1 Å². The molecule has 0 saturated carbocycles. The molecule has 61 heavy (non-hydrogen) atoms. The zero-order valence-corrected chi connectivity index (χ0v) is 35.0. The van der Waals surface area contributed by atoms with Crippen LogP contribution in [0.5, 0.6) is 17.2 Å². The Morgan fingerprint density at radius 3 is 2.23 bits per heavy atom. The van der Waals surface area contributed by atoms with Gasteiger partial charge >= 0.3 is 0 Å². The molecule has 2 aliphatic carbocycles. The Kier molecular flexibility index (Phi) is 14.0. The van der Waals surface area contributed by atoms with Crippen LogP contribution in [0.2, 0.25) is 0 Å². The van der Waals surface area contributed by atoms with E-state index >= 15 is 0 Å². The van der Waals surface area contributed by atoms with Crippen molar-refractivity contribution in [2.24, 2.45) is 5.92 Å². The number of rotatable bonds is 17. The molecule has 7 amide bonds. The van der Waals surface area contributed by atoms with E-state index in [-0.39, 0.29) is 114 Å². The fraction of sp³-hybridized carbons (Fsp3) is 0.500. The Hall–Kier alpha value is -5.98. The van der Waals surface area contributed by atoms with Gasteiger partial charge in [0.15, 0.2) is 5.78 Å². The molecule has 2 saturated heterocycles. The molecular weight excluding hydrogens is 813 g/mol. The number of aromatic hydroxyl groups is 2. The van der Waals surface area contributed by atoms with Crippen molar-refractivity contribution in [3.63, 3.8) is 0 Å². The number of ketones is 2. The van der Waals surface area contributed by atoms with Gasteiger partial charge in [-0.3, -0.25) is 48.1 Å². The quantitative estimate of drug-likeness (QED) is 0.0799. The van der Waals surface area contributed by atoms with Gasteiger partial charge in [0.1, 0.15) is 23.3 Å². The van der Waals surface area contributed by atoms with Gasteiger partial charge in [0, 0.05) is 66.9 Å². The van der Waals surface area contributed by atoms with Crippen LogP contribution < -0.4 is 26.0 Å². The topological polar surface area (TPSA) is 258 Å². The number of fused-ring (bicyclic) bond motifs is 3. The van der Waals surface area contributed by atoms with Gasteiger partial charge in [-0.25, -0.2) is 0 Å². The van der Waals surface area contributed by atoms with Crippen molar-refractivity contribution in [2.75, 3.05) is 46.4 Å². The van der Waals surface area contributed by atoms with Crippen LogP contribution in [-0.4, -0.2) is 136 Å². The first-order chi connectivity index (χ1) is 29.2. The molecule has 4 aliphatic rings. The average Bonchev–Trinajstić information content (AvgIpc) is 3.74. The second kappa shape index (κ2) is 19.2. The zero-order chi connectivity index (χ0) is 44.1. The van der Waals surface area contributed by atoms with Crippen LogP contribution in [0.25, 0.3) is 0 Å². The number of nitrogens with zero attached hydrogens (tertiary/aromatic N) is 2. The van der Waals surface area contributed by atoms with Gasteiger partial charge in [-0.1, -0.05) is 26.0 Å². The Bertz CT molecular complexity index is 2170. The molecule has 2 heterocycles. The molecule has 2 aromatic carbocycles. The smallest absolute Gasteiger partial charge is 0.245 e. The van der Waals surface area contributed by atoms with Crippen LogP contribution >= 0.6 is 11.8 Å². The third-order valence-electron chi connectivity index (χ3n) is 11.6. The average molecular weight is 863 g/mol. The second-order valence-corrected chi connectivity index (χ2v) is 16.9. The summed E-state index contributed by atoms with van der Waals surface area (Å²) in [6.45, 7) is 3.61. The van der Waals surface area contributed by atoms with Crippen LogP contribution in [0, 0.1) is 5.92 Å². The number of carbonyl (C=O) groups excluding carboxylic acids is 9. The zero-order valence-electron chi connectivity index (χ0n) is 34.2. The highest BCUT2D eigenvalue weighted by atomic mass is 32.2. The maximum absolute atomic E-state index is 13.5. The number of phenols is 2. The standard InChI is InChI=1S/C42H50N6O12S/c1-4-22(5-2)61-28-18-32(52)48(42(28)59)15-12-29(49)44-19-30(50)45-20-31(51)46-26-11-14-47(41(26)58)16-13-43-40(57)21-9-10-23-25(17-21)38(55)34-35(36(23)53)39(56)33-24(37(34)54)7-6-8-27(33)60-3/h6-8,21-22,26,28,53,55H,4-5,9-20H2,1-3H3,(H,43,57)(H,44,49)(H,45,50)(H,46,51)/t21-,26?,28?/m0/s1. The number of hydrogen-bond donors (Lipinski definition) is 6. The summed E-state index contributed by atoms with van der Waals surface area (Å²) in [6.07, 6.45) is 2.42. The van der Waals surface area contributed by atoms with Gasteiger partial charge in [-0.05, 0) is 44.6 Å². The summed E-state index contributed by atoms with van der Waals surface area (Å²) in [4.78, 5) is 118. The van der Waals surface area contributed by atoms with Crippen LogP contribution in [0.15, 0.2) is 18.2 Å². The Morgan fingerprint density at radius 1 is 0.820 bits per heavy atom. The maximum Gasteiger partial charge on any atom is 0.245 e. The SMILES string of the molecule is CCC(CC)SC1CC(=O)N(CCC(=O)NCC(=O)NCC(=O)NC2CCN(CCNC(=O)[C@H]3CCc4c(O)c5c(c(O)c4C3)C(=O)c3cccc(OC)c3C5=O)C2=O)C1=O. The molecule has 6 rings (SSSR count). The lowest BCUT2D eigenvalue weighted by molar-refractivity contribution is -0.139. The molecule has 0 bridgehead atoms. The number of hydrogen-bond acceptors (Lipinski definition) is 13. The molecule has 2 aromatic rings. The molecule has 2 unspecified atom stereocenters. The highest BCUT2D eigenvalue weighted by molar-refractivity contribution is 8.01. The van der Waals surface area contributed by atoms with Crippen molar-refractivity contribution >= 4 is 64.7 Å². The highest BCUT2D eigenvalue weighted by Gasteiger charge is 2.42. The molecule has 6 N–H and O–H groups in total. The Labute approximate surface area is 355 Å². The number of nitrogens with one attached hydrogen (secondary N) is 4. The third-order valence-corrected chi connectivity index (χ3v) is 13.4. The largest absolute Gasteiger partial charge is 0.507 e. The summed E-state index contributed by atoms with van der Waals surface area (Å²) in [5.41, 5.74) is -0.0500. The number of imide groups is 1. The van der Waals surface area contributed by atoms with Crippen molar-refractivity contribution in [1.29, 1.82) is 0 Å². The summed E-state index contributed by atoms with van der Waals surface area (Å²) >= 11 is 1.48. The predicted molar refractivity (Wildman–Crippen MR) is 219 cm³/mol. The number of methoxy groups -OCH3 is 1. The lowest BCUT2D eigenvalue weighted by atomic mass is 9.75. The van der Waals surface area contributed by atoms with Crippen LogP contribution in [0.4, 0.5) is 0 Å². The minimum Gasteiger partial charge on any atom is -0.507 e. The highest BCUT2D eigenvalue weighted by Crippen LogP contribution is 2.47. The number of thioether (sulfide) groups is 1. The summed E-state index contributed by atoms with van der Waals surface area (Å²) in [5, 5.41) is 32.5. The number of benzene rings is 2. The molecule has 2 fully saturated rings. The van der Waals surface area contributed by atoms with E-state index in [4.69, 9.17) is 4.74 Å². The fourth-order valence-electron chi connectivity index (χ4n) is 8.26. The van der Waals surface area contributed by atoms with Gasteiger partial charge in [0.2, 0.25) is 47.1 Å². The van der Waals surface area contributed by atoms with Crippen molar-refractivity contribution in [1.82, 2.24) is 31.1 Å². The minimum atomic E-state index is -0.845. The van der Waals surface area contributed by atoms with Gasteiger partial charge in [0.25, 0.3) is 0 Å². The van der Waals surface area contributed by atoms with Gasteiger partial charge in [-0.15, -0.1) is 11.8 Å². The number of carbonyl (C=O) groups is 9. The summed E-state index contributed by atoms with van der Waals surface area (Å²) in [5.74, 6) is -5.80. The normalized spacial score (nSPS) is 19.4. The monoisotopic (exact) mass is 862 g/mol.